The van der Waals surface area contributed by atoms with Gasteiger partial charge in [-0.3, -0.25) is 0 Å². The van der Waals surface area contributed by atoms with Crippen molar-refractivity contribution in [1.82, 2.24) is 9.97 Å². The summed E-state index contributed by atoms with van der Waals surface area (Å²) in [4.78, 5) is 8.02. The molecule has 1 aromatic heterocycles. The van der Waals surface area contributed by atoms with Crippen LogP contribution in [0.5, 0.6) is 17.4 Å². The summed E-state index contributed by atoms with van der Waals surface area (Å²) in [5.74, 6) is 0.597. The van der Waals surface area contributed by atoms with Gasteiger partial charge in [0.1, 0.15) is 23.5 Å². The van der Waals surface area contributed by atoms with E-state index in [1.807, 2.05) is 0 Å². The molecule has 0 bridgehead atoms. The van der Waals surface area contributed by atoms with Crippen LogP contribution in [0, 0.1) is 0 Å². The first-order valence-corrected chi connectivity index (χ1v) is 8.26. The molecular weight excluding hydrogens is 429 g/mol. The Hall–Kier alpha value is -3.01. The second-order valence-corrected chi connectivity index (χ2v) is 6.11. The molecule has 0 aliphatic carbocycles. The van der Waals surface area contributed by atoms with E-state index in [2.05, 4.69) is 36.0 Å². The average Bonchev–Trinajstić information content (AvgIpc) is 2.61. The maximum absolute atomic E-state index is 12.2. The van der Waals surface area contributed by atoms with Crippen LogP contribution < -0.4 is 20.5 Å². The summed E-state index contributed by atoms with van der Waals surface area (Å²) >= 11 is 3.33. The van der Waals surface area contributed by atoms with Crippen molar-refractivity contribution in [2.75, 3.05) is 11.1 Å². The van der Waals surface area contributed by atoms with Gasteiger partial charge in [-0.25, -0.2) is 4.98 Å². The summed E-state index contributed by atoms with van der Waals surface area (Å²) in [5, 5.41) is 2.90. The van der Waals surface area contributed by atoms with Crippen molar-refractivity contribution >= 4 is 33.1 Å². The van der Waals surface area contributed by atoms with Gasteiger partial charge in [0.05, 0.1) is 0 Å². The van der Waals surface area contributed by atoms with Crippen LogP contribution in [0.25, 0.3) is 0 Å². The zero-order chi connectivity index (χ0) is 19.4. The highest BCUT2D eigenvalue weighted by Crippen LogP contribution is 2.32. The second kappa shape index (κ2) is 7.70. The van der Waals surface area contributed by atoms with Crippen molar-refractivity contribution in [3.05, 3.63) is 59.3 Å². The van der Waals surface area contributed by atoms with E-state index in [-0.39, 0.29) is 23.1 Å². The monoisotopic (exact) mass is 440 g/mol. The summed E-state index contributed by atoms with van der Waals surface area (Å²) in [7, 11) is 0. The van der Waals surface area contributed by atoms with E-state index in [4.69, 9.17) is 10.5 Å². The zero-order valence-corrected chi connectivity index (χ0v) is 15.1. The first kappa shape index (κ1) is 18.8. The van der Waals surface area contributed by atoms with Crippen LogP contribution in [0.15, 0.2) is 59.3 Å². The Morgan fingerprint density at radius 1 is 0.926 bits per heavy atom. The Balaban J connectivity index is 1.74. The van der Waals surface area contributed by atoms with Gasteiger partial charge < -0.3 is 20.5 Å². The van der Waals surface area contributed by atoms with E-state index < -0.39 is 6.36 Å². The van der Waals surface area contributed by atoms with Crippen LogP contribution in [0.4, 0.5) is 30.4 Å². The van der Waals surface area contributed by atoms with Crippen molar-refractivity contribution < 1.29 is 22.6 Å². The maximum Gasteiger partial charge on any atom is 0.573 e. The molecule has 0 radical (unpaired) electrons. The number of hydrogen-bond donors (Lipinski definition) is 2. The molecule has 27 heavy (non-hydrogen) atoms. The highest BCUT2D eigenvalue weighted by Gasteiger charge is 2.30. The standard InChI is InChI=1S/C17H12BrF3N4O2/c18-10-1-5-12(6-2-10)26-16-14(22)15(23-9-24-16)25-11-3-7-13(8-4-11)27-17(19,20)21/h1-9H,22H2,(H,23,24,25). The summed E-state index contributed by atoms with van der Waals surface area (Å²) in [6.45, 7) is 0. The topological polar surface area (TPSA) is 82.3 Å². The Morgan fingerprint density at radius 3 is 2.19 bits per heavy atom. The summed E-state index contributed by atoms with van der Waals surface area (Å²) < 4.78 is 46.9. The van der Waals surface area contributed by atoms with Gasteiger partial charge in [0.15, 0.2) is 5.82 Å². The number of alkyl halides is 3. The Bertz CT molecular complexity index is 919. The number of nitrogens with zero attached hydrogens (tertiary/aromatic N) is 2. The van der Waals surface area contributed by atoms with Crippen molar-refractivity contribution in [3.8, 4) is 17.4 Å². The lowest BCUT2D eigenvalue weighted by molar-refractivity contribution is -0.274. The fourth-order valence-electron chi connectivity index (χ4n) is 2.05. The number of benzene rings is 2. The van der Waals surface area contributed by atoms with E-state index in [0.717, 1.165) is 4.47 Å². The molecule has 0 atom stereocenters. The number of rotatable bonds is 5. The fraction of sp³-hybridized carbons (Fsp3) is 0.0588. The maximum atomic E-state index is 12.2. The molecule has 0 amide bonds. The molecule has 0 aliphatic rings. The van der Waals surface area contributed by atoms with E-state index in [1.54, 1.807) is 24.3 Å². The highest BCUT2D eigenvalue weighted by atomic mass is 79.9. The molecule has 6 nitrogen and oxygen atoms in total. The van der Waals surface area contributed by atoms with Crippen molar-refractivity contribution in [2.45, 2.75) is 6.36 Å². The van der Waals surface area contributed by atoms with Gasteiger partial charge in [-0.1, -0.05) is 15.9 Å². The molecule has 3 aromatic rings. The predicted octanol–water partition coefficient (Wildman–Crippen LogP) is 5.26. The second-order valence-electron chi connectivity index (χ2n) is 5.19. The van der Waals surface area contributed by atoms with Gasteiger partial charge >= 0.3 is 6.36 Å². The SMILES string of the molecule is Nc1c(Nc2ccc(OC(F)(F)F)cc2)ncnc1Oc1ccc(Br)cc1. The molecule has 0 saturated carbocycles. The Morgan fingerprint density at radius 2 is 1.56 bits per heavy atom. The third kappa shape index (κ3) is 5.23. The molecular formula is C17H12BrF3N4O2. The Kier molecular flexibility index (Phi) is 5.36. The van der Waals surface area contributed by atoms with Crippen molar-refractivity contribution in [1.29, 1.82) is 0 Å². The number of nitrogen functional groups attached to an aromatic ring is 1. The number of nitrogens with two attached hydrogens (primary N) is 1. The Labute approximate surface area is 160 Å². The number of halogens is 4. The minimum absolute atomic E-state index is 0.145. The van der Waals surface area contributed by atoms with Gasteiger partial charge in [0.2, 0.25) is 5.88 Å². The number of ether oxygens (including phenoxy) is 2. The number of hydrogen-bond acceptors (Lipinski definition) is 6. The largest absolute Gasteiger partial charge is 0.573 e. The van der Waals surface area contributed by atoms with Crippen molar-refractivity contribution in [3.63, 3.8) is 0 Å². The lowest BCUT2D eigenvalue weighted by atomic mass is 10.3. The smallest absolute Gasteiger partial charge is 0.437 e. The molecule has 3 rings (SSSR count). The predicted molar refractivity (Wildman–Crippen MR) is 97.1 cm³/mol. The van der Waals surface area contributed by atoms with Gasteiger partial charge in [-0.2, -0.15) is 4.98 Å². The van der Waals surface area contributed by atoms with Gasteiger partial charge in [-0.15, -0.1) is 13.2 Å². The number of nitrogens with one attached hydrogen (secondary N) is 1. The first-order valence-electron chi connectivity index (χ1n) is 7.47. The molecule has 0 unspecified atom stereocenters. The third-order valence-corrected chi connectivity index (χ3v) is 3.75. The van der Waals surface area contributed by atoms with Crippen LogP contribution in [-0.2, 0) is 0 Å². The van der Waals surface area contributed by atoms with E-state index in [1.165, 1.54) is 30.6 Å². The summed E-state index contributed by atoms with van der Waals surface area (Å²) in [5.41, 5.74) is 6.64. The van der Waals surface area contributed by atoms with Crippen LogP contribution >= 0.6 is 15.9 Å². The minimum atomic E-state index is -4.74. The van der Waals surface area contributed by atoms with Gasteiger partial charge in [0, 0.05) is 10.2 Å². The molecule has 10 heteroatoms. The molecule has 0 spiro atoms. The van der Waals surface area contributed by atoms with Crippen LogP contribution in [0.1, 0.15) is 0 Å². The normalized spacial score (nSPS) is 11.1. The summed E-state index contributed by atoms with van der Waals surface area (Å²) in [6.07, 6.45) is -3.49. The molecule has 1 heterocycles. The average molecular weight is 441 g/mol. The molecule has 2 aromatic carbocycles. The minimum Gasteiger partial charge on any atom is -0.437 e. The van der Waals surface area contributed by atoms with Crippen LogP contribution in [0.2, 0.25) is 0 Å². The lowest BCUT2D eigenvalue weighted by Crippen LogP contribution is -2.17. The summed E-state index contributed by atoms with van der Waals surface area (Å²) in [6, 6.07) is 12.2. The third-order valence-electron chi connectivity index (χ3n) is 3.23. The van der Waals surface area contributed by atoms with Gasteiger partial charge in [0.25, 0.3) is 0 Å². The van der Waals surface area contributed by atoms with E-state index in [9.17, 15) is 13.2 Å². The molecule has 3 N–H and O–H groups in total. The zero-order valence-electron chi connectivity index (χ0n) is 13.5. The fourth-order valence-corrected chi connectivity index (χ4v) is 2.32. The molecule has 0 aliphatic heterocycles. The van der Waals surface area contributed by atoms with Crippen LogP contribution in [-0.4, -0.2) is 16.3 Å². The van der Waals surface area contributed by atoms with E-state index >= 15 is 0 Å². The lowest BCUT2D eigenvalue weighted by Gasteiger charge is -2.13. The molecule has 0 fully saturated rings. The highest BCUT2D eigenvalue weighted by molar-refractivity contribution is 9.10. The van der Waals surface area contributed by atoms with Crippen molar-refractivity contribution in [2.24, 2.45) is 0 Å². The molecule has 140 valence electrons. The first-order chi connectivity index (χ1) is 12.8. The number of anilines is 3. The van der Waals surface area contributed by atoms with Gasteiger partial charge in [-0.05, 0) is 48.5 Å². The van der Waals surface area contributed by atoms with E-state index in [0.29, 0.717) is 11.4 Å². The van der Waals surface area contributed by atoms with Crippen LogP contribution in [0.3, 0.4) is 0 Å². The molecule has 0 saturated heterocycles. The number of aromatic nitrogens is 2. The quantitative estimate of drug-likeness (QED) is 0.563.